The second kappa shape index (κ2) is 7.32. The van der Waals surface area contributed by atoms with E-state index in [2.05, 4.69) is 58.8 Å². The molecule has 1 heterocycles. The summed E-state index contributed by atoms with van der Waals surface area (Å²) < 4.78 is 5.83. The summed E-state index contributed by atoms with van der Waals surface area (Å²) in [5, 5.41) is 3.61. The van der Waals surface area contributed by atoms with Crippen LogP contribution in [0.1, 0.15) is 23.1 Å². The Hall–Kier alpha value is -2.91. The minimum Gasteiger partial charge on any atom is -0.439 e. The van der Waals surface area contributed by atoms with E-state index in [4.69, 9.17) is 4.42 Å². The Morgan fingerprint density at radius 1 is 0.800 bits per heavy atom. The van der Waals surface area contributed by atoms with E-state index >= 15 is 0 Å². The standard InChI is InChI=1S/C22H20N2O/c1-3-9-17(10-4-1)15-20(18-11-5-2-6-12-18)23-16-22-24-19-13-7-8-14-21(19)25-22/h1-14,20,23H,15-16H2. The summed E-state index contributed by atoms with van der Waals surface area (Å²) in [7, 11) is 0. The predicted molar refractivity (Wildman–Crippen MR) is 100 cm³/mol. The number of hydrogen-bond donors (Lipinski definition) is 1. The van der Waals surface area contributed by atoms with Gasteiger partial charge in [0, 0.05) is 6.04 Å². The summed E-state index contributed by atoms with van der Waals surface area (Å²) in [6, 6.07) is 29.1. The quantitative estimate of drug-likeness (QED) is 0.547. The van der Waals surface area contributed by atoms with Crippen LogP contribution in [0.25, 0.3) is 11.1 Å². The largest absolute Gasteiger partial charge is 0.439 e. The molecule has 1 aromatic heterocycles. The van der Waals surface area contributed by atoms with Gasteiger partial charge in [-0.25, -0.2) is 4.98 Å². The zero-order chi connectivity index (χ0) is 16.9. The molecule has 0 aliphatic carbocycles. The van der Waals surface area contributed by atoms with Gasteiger partial charge in [-0.3, -0.25) is 0 Å². The van der Waals surface area contributed by atoms with Crippen LogP contribution in [-0.4, -0.2) is 4.98 Å². The maximum atomic E-state index is 5.83. The number of fused-ring (bicyclic) bond motifs is 1. The Morgan fingerprint density at radius 2 is 1.48 bits per heavy atom. The topological polar surface area (TPSA) is 38.1 Å². The number of oxazole rings is 1. The van der Waals surface area contributed by atoms with Gasteiger partial charge in [0.25, 0.3) is 0 Å². The fourth-order valence-electron chi connectivity index (χ4n) is 3.05. The second-order valence-corrected chi connectivity index (χ2v) is 6.11. The van der Waals surface area contributed by atoms with Crippen LogP contribution in [0.5, 0.6) is 0 Å². The SMILES string of the molecule is c1ccc(CC(NCc2nc3ccccc3o2)c2ccccc2)cc1. The van der Waals surface area contributed by atoms with Crippen LogP contribution in [0.4, 0.5) is 0 Å². The van der Waals surface area contributed by atoms with Gasteiger partial charge in [-0.1, -0.05) is 72.8 Å². The maximum absolute atomic E-state index is 5.83. The van der Waals surface area contributed by atoms with Gasteiger partial charge in [-0.05, 0) is 29.7 Å². The van der Waals surface area contributed by atoms with Crippen LogP contribution in [0.15, 0.2) is 89.3 Å². The summed E-state index contributed by atoms with van der Waals surface area (Å²) in [4.78, 5) is 4.56. The van der Waals surface area contributed by atoms with Crippen molar-refractivity contribution in [3.05, 3.63) is 102 Å². The number of rotatable bonds is 6. The third kappa shape index (κ3) is 3.78. The molecule has 3 aromatic carbocycles. The van der Waals surface area contributed by atoms with E-state index in [0.29, 0.717) is 6.54 Å². The Bertz CT molecular complexity index is 899. The molecule has 0 spiro atoms. The van der Waals surface area contributed by atoms with Gasteiger partial charge in [0.05, 0.1) is 6.54 Å². The Morgan fingerprint density at radius 3 is 2.24 bits per heavy atom. The van der Waals surface area contributed by atoms with Crippen LogP contribution in [0.3, 0.4) is 0 Å². The Labute approximate surface area is 147 Å². The first-order valence-corrected chi connectivity index (χ1v) is 8.55. The number of nitrogens with one attached hydrogen (secondary N) is 1. The van der Waals surface area contributed by atoms with Crippen molar-refractivity contribution >= 4 is 11.1 Å². The normalized spacial score (nSPS) is 12.3. The monoisotopic (exact) mass is 328 g/mol. The zero-order valence-electron chi connectivity index (χ0n) is 13.9. The first-order valence-electron chi connectivity index (χ1n) is 8.55. The summed E-state index contributed by atoms with van der Waals surface area (Å²) >= 11 is 0. The van der Waals surface area contributed by atoms with Gasteiger partial charge in [-0.15, -0.1) is 0 Å². The molecule has 0 fully saturated rings. The smallest absolute Gasteiger partial charge is 0.209 e. The third-order valence-electron chi connectivity index (χ3n) is 4.32. The Kier molecular flexibility index (Phi) is 4.57. The Balaban J connectivity index is 1.53. The number of benzene rings is 3. The molecule has 4 rings (SSSR count). The highest BCUT2D eigenvalue weighted by Gasteiger charge is 2.13. The van der Waals surface area contributed by atoms with Crippen molar-refractivity contribution < 1.29 is 4.42 Å². The molecule has 1 N–H and O–H groups in total. The lowest BCUT2D eigenvalue weighted by Gasteiger charge is -2.18. The van der Waals surface area contributed by atoms with E-state index in [9.17, 15) is 0 Å². The molecule has 3 heteroatoms. The molecule has 0 bridgehead atoms. The molecular formula is C22H20N2O. The van der Waals surface area contributed by atoms with E-state index in [1.54, 1.807) is 0 Å². The van der Waals surface area contributed by atoms with Crippen molar-refractivity contribution in [3.63, 3.8) is 0 Å². The fraction of sp³-hybridized carbons (Fsp3) is 0.136. The molecule has 1 atom stereocenters. The first kappa shape index (κ1) is 15.6. The molecule has 0 saturated carbocycles. The molecule has 0 amide bonds. The number of hydrogen-bond acceptors (Lipinski definition) is 3. The average Bonchev–Trinajstić information content (AvgIpc) is 3.09. The van der Waals surface area contributed by atoms with Crippen LogP contribution < -0.4 is 5.32 Å². The number of para-hydroxylation sites is 2. The third-order valence-corrected chi connectivity index (χ3v) is 4.32. The van der Waals surface area contributed by atoms with Crippen LogP contribution in [-0.2, 0) is 13.0 Å². The van der Waals surface area contributed by atoms with Crippen molar-refractivity contribution in [2.75, 3.05) is 0 Å². The minimum absolute atomic E-state index is 0.207. The predicted octanol–water partition coefficient (Wildman–Crippen LogP) is 4.90. The van der Waals surface area contributed by atoms with Gasteiger partial charge >= 0.3 is 0 Å². The van der Waals surface area contributed by atoms with Gasteiger partial charge in [0.2, 0.25) is 5.89 Å². The van der Waals surface area contributed by atoms with Crippen LogP contribution in [0.2, 0.25) is 0 Å². The second-order valence-electron chi connectivity index (χ2n) is 6.11. The van der Waals surface area contributed by atoms with E-state index < -0.39 is 0 Å². The van der Waals surface area contributed by atoms with Crippen molar-refractivity contribution in [3.8, 4) is 0 Å². The van der Waals surface area contributed by atoms with E-state index in [1.807, 2.05) is 36.4 Å². The number of nitrogens with zero attached hydrogens (tertiary/aromatic N) is 1. The molecular weight excluding hydrogens is 308 g/mol. The highest BCUT2D eigenvalue weighted by molar-refractivity contribution is 5.72. The van der Waals surface area contributed by atoms with Gasteiger partial charge in [0.1, 0.15) is 5.52 Å². The lowest BCUT2D eigenvalue weighted by atomic mass is 9.99. The number of aromatic nitrogens is 1. The van der Waals surface area contributed by atoms with Crippen LogP contribution >= 0.6 is 0 Å². The lowest BCUT2D eigenvalue weighted by Crippen LogP contribution is -2.23. The molecule has 0 saturated heterocycles. The van der Waals surface area contributed by atoms with Crippen molar-refractivity contribution in [2.24, 2.45) is 0 Å². The van der Waals surface area contributed by atoms with Gasteiger partial charge in [-0.2, -0.15) is 0 Å². The van der Waals surface area contributed by atoms with E-state index in [1.165, 1.54) is 11.1 Å². The highest BCUT2D eigenvalue weighted by Crippen LogP contribution is 2.20. The van der Waals surface area contributed by atoms with Gasteiger partial charge in [0.15, 0.2) is 5.58 Å². The van der Waals surface area contributed by atoms with Crippen molar-refractivity contribution in [1.82, 2.24) is 10.3 Å². The first-order chi connectivity index (χ1) is 12.4. The van der Waals surface area contributed by atoms with Gasteiger partial charge < -0.3 is 9.73 Å². The summed E-state index contributed by atoms with van der Waals surface area (Å²) in [6.07, 6.45) is 0.922. The van der Waals surface area contributed by atoms with Crippen molar-refractivity contribution in [2.45, 2.75) is 19.0 Å². The minimum atomic E-state index is 0.207. The molecule has 1 unspecified atom stereocenters. The fourth-order valence-corrected chi connectivity index (χ4v) is 3.05. The van der Waals surface area contributed by atoms with Crippen molar-refractivity contribution in [1.29, 1.82) is 0 Å². The molecule has 0 radical (unpaired) electrons. The molecule has 3 nitrogen and oxygen atoms in total. The lowest BCUT2D eigenvalue weighted by molar-refractivity contribution is 0.452. The molecule has 4 aromatic rings. The van der Waals surface area contributed by atoms with Crippen LogP contribution in [0, 0.1) is 0 Å². The highest BCUT2D eigenvalue weighted by atomic mass is 16.3. The summed E-state index contributed by atoms with van der Waals surface area (Å²) in [5.41, 5.74) is 4.31. The average molecular weight is 328 g/mol. The maximum Gasteiger partial charge on any atom is 0.209 e. The molecule has 25 heavy (non-hydrogen) atoms. The van der Waals surface area contributed by atoms with E-state index in [0.717, 1.165) is 23.4 Å². The summed E-state index contributed by atoms with van der Waals surface area (Å²) in [6.45, 7) is 0.598. The molecule has 124 valence electrons. The van der Waals surface area contributed by atoms with E-state index in [-0.39, 0.29) is 6.04 Å². The molecule has 0 aliphatic heterocycles. The molecule has 0 aliphatic rings. The summed E-state index contributed by atoms with van der Waals surface area (Å²) in [5.74, 6) is 0.718. The zero-order valence-corrected chi connectivity index (χ0v) is 13.9.